The zero-order valence-electron chi connectivity index (χ0n) is 21.8. The van der Waals surface area contributed by atoms with E-state index in [0.717, 1.165) is 23.1 Å². The van der Waals surface area contributed by atoms with Crippen molar-refractivity contribution in [2.75, 3.05) is 25.5 Å². The third-order valence-corrected chi connectivity index (χ3v) is 8.13. The van der Waals surface area contributed by atoms with Crippen LogP contribution in [0.1, 0.15) is 61.9 Å². The number of anilines is 1. The van der Waals surface area contributed by atoms with Crippen molar-refractivity contribution < 1.29 is 28.2 Å². The lowest BCUT2D eigenvalue weighted by molar-refractivity contribution is -0.891. The molecule has 1 saturated heterocycles. The molecule has 3 heterocycles. The Morgan fingerprint density at radius 2 is 2.05 bits per heavy atom. The van der Waals surface area contributed by atoms with E-state index in [4.69, 9.17) is 4.84 Å². The second-order valence-electron chi connectivity index (χ2n) is 9.30. The van der Waals surface area contributed by atoms with Gasteiger partial charge in [0.25, 0.3) is 11.6 Å². The van der Waals surface area contributed by atoms with Crippen LogP contribution in [0.4, 0.5) is 13.9 Å². The Morgan fingerprint density at radius 1 is 1.32 bits per heavy atom. The number of amides is 1. The number of aromatic nitrogens is 2. The quantitative estimate of drug-likeness (QED) is 0.467. The van der Waals surface area contributed by atoms with Gasteiger partial charge >= 0.3 is 0 Å². The number of aliphatic hydroxyl groups is 1. The fourth-order valence-electron chi connectivity index (χ4n) is 5.11. The van der Waals surface area contributed by atoms with E-state index < -0.39 is 17.9 Å². The van der Waals surface area contributed by atoms with Crippen molar-refractivity contribution in [3.63, 3.8) is 0 Å². The Kier molecular flexibility index (Phi) is 8.40. The van der Waals surface area contributed by atoms with Crippen LogP contribution in [0.5, 0.6) is 0 Å². The monoisotopic (exact) mass is 533 g/mol. The van der Waals surface area contributed by atoms with Crippen molar-refractivity contribution in [2.24, 2.45) is 0 Å². The van der Waals surface area contributed by atoms with E-state index >= 15 is 0 Å². The number of thiazole rings is 1. The SMILES string of the molecule is CC.CO[n+]1ccc(C2CN(C(C)C(=O)Nc3nc4cc5c(cc4s3)CCC5)CCC2(F)F)cc1CO. The molecule has 1 aliphatic heterocycles. The predicted octanol–water partition coefficient (Wildman–Crippen LogP) is 4.10. The number of alkyl halides is 2. The van der Waals surface area contributed by atoms with E-state index in [2.05, 4.69) is 22.4 Å². The summed E-state index contributed by atoms with van der Waals surface area (Å²) < 4.78 is 32.3. The fraction of sp³-hybridized carbons (Fsp3) is 0.519. The molecule has 1 amide bonds. The summed E-state index contributed by atoms with van der Waals surface area (Å²) in [4.78, 5) is 24.6. The van der Waals surface area contributed by atoms with Gasteiger partial charge in [-0.3, -0.25) is 14.5 Å². The van der Waals surface area contributed by atoms with Gasteiger partial charge in [-0.05, 0) is 55.0 Å². The van der Waals surface area contributed by atoms with Crippen LogP contribution in [0.25, 0.3) is 10.2 Å². The summed E-state index contributed by atoms with van der Waals surface area (Å²) in [7, 11) is 1.44. The minimum absolute atomic E-state index is 0.0238. The molecular weight excluding hydrogens is 498 g/mol. The molecule has 1 aliphatic carbocycles. The highest BCUT2D eigenvalue weighted by atomic mass is 32.1. The highest BCUT2D eigenvalue weighted by molar-refractivity contribution is 7.22. The predicted molar refractivity (Wildman–Crippen MR) is 140 cm³/mol. The molecule has 2 atom stereocenters. The maximum absolute atomic E-state index is 14.9. The van der Waals surface area contributed by atoms with Crippen LogP contribution >= 0.6 is 11.3 Å². The molecule has 2 aliphatic rings. The zero-order valence-corrected chi connectivity index (χ0v) is 22.6. The Labute approximate surface area is 220 Å². The third kappa shape index (κ3) is 5.61. The van der Waals surface area contributed by atoms with E-state index in [1.54, 1.807) is 17.9 Å². The standard InChI is InChI=1S/C25H28F2N4O3S.C2H6/c1-15(23(33)29-24-28-21-11-16-4-3-5-17(16)12-22(21)35-24)30-9-7-25(26,27)20(13-30)18-6-8-31(34-2)19(10-18)14-32;1-2/h6,8,10-12,15,20,32H,3-5,7,9,13-14H2,1-2H3;1-2H3/p+1. The molecule has 2 unspecified atom stereocenters. The topological polar surface area (TPSA) is 78.6 Å². The fourth-order valence-corrected chi connectivity index (χ4v) is 6.03. The number of piperidine rings is 1. The summed E-state index contributed by atoms with van der Waals surface area (Å²) in [6.45, 7) is 5.53. The first-order valence-electron chi connectivity index (χ1n) is 12.8. The van der Waals surface area contributed by atoms with E-state index in [9.17, 15) is 18.7 Å². The second-order valence-corrected chi connectivity index (χ2v) is 10.3. The summed E-state index contributed by atoms with van der Waals surface area (Å²) in [5, 5.41) is 13.0. The lowest BCUT2D eigenvalue weighted by Crippen LogP contribution is -2.52. The summed E-state index contributed by atoms with van der Waals surface area (Å²) in [5.74, 6) is -4.29. The van der Waals surface area contributed by atoms with Gasteiger partial charge < -0.3 is 10.4 Å². The van der Waals surface area contributed by atoms with Gasteiger partial charge in [-0.15, -0.1) is 0 Å². The van der Waals surface area contributed by atoms with Crippen LogP contribution in [0.15, 0.2) is 30.5 Å². The highest BCUT2D eigenvalue weighted by Gasteiger charge is 2.47. The lowest BCUT2D eigenvalue weighted by Gasteiger charge is -2.40. The number of benzene rings is 1. The number of nitrogens with one attached hydrogen (secondary N) is 1. The van der Waals surface area contributed by atoms with Crippen LogP contribution in [-0.2, 0) is 24.2 Å². The average Bonchev–Trinajstić information content (AvgIpc) is 3.52. The molecular formula is C27H35F2N4O3S+. The number of carbonyl (C=O) groups excluding carboxylic acids is 1. The van der Waals surface area contributed by atoms with E-state index in [-0.39, 0.29) is 32.0 Å². The Morgan fingerprint density at radius 3 is 2.76 bits per heavy atom. The van der Waals surface area contributed by atoms with Gasteiger partial charge in [0, 0.05) is 36.4 Å². The Balaban J connectivity index is 0.00000156. The summed E-state index contributed by atoms with van der Waals surface area (Å²) in [6.07, 6.45) is 4.48. The van der Waals surface area contributed by atoms with Gasteiger partial charge in [0.1, 0.15) is 13.7 Å². The third-order valence-electron chi connectivity index (χ3n) is 7.20. The molecule has 7 nitrogen and oxygen atoms in total. The highest BCUT2D eigenvalue weighted by Crippen LogP contribution is 2.41. The number of hydrogen-bond acceptors (Lipinski definition) is 6. The van der Waals surface area contributed by atoms with Crippen molar-refractivity contribution in [1.82, 2.24) is 9.88 Å². The molecule has 37 heavy (non-hydrogen) atoms. The minimum Gasteiger partial charge on any atom is -0.385 e. The van der Waals surface area contributed by atoms with E-state index in [1.807, 2.05) is 13.8 Å². The molecule has 0 radical (unpaired) electrons. The van der Waals surface area contributed by atoms with Gasteiger partial charge in [-0.1, -0.05) is 25.2 Å². The molecule has 2 aromatic heterocycles. The molecule has 10 heteroatoms. The first kappa shape index (κ1) is 27.3. The number of pyridine rings is 1. The zero-order chi connectivity index (χ0) is 26.7. The molecule has 2 N–H and O–H groups in total. The molecule has 0 bridgehead atoms. The summed E-state index contributed by atoms with van der Waals surface area (Å²) in [6, 6.07) is 6.79. The molecule has 1 fully saturated rings. The number of carbonyl (C=O) groups is 1. The lowest BCUT2D eigenvalue weighted by atomic mass is 9.86. The number of nitrogens with zero attached hydrogens (tertiary/aromatic N) is 3. The number of halogens is 2. The van der Waals surface area contributed by atoms with Crippen molar-refractivity contribution in [2.45, 2.75) is 70.9 Å². The first-order chi connectivity index (χ1) is 17.8. The van der Waals surface area contributed by atoms with E-state index in [1.165, 1.54) is 53.0 Å². The maximum Gasteiger partial charge on any atom is 0.259 e. The number of rotatable bonds is 6. The van der Waals surface area contributed by atoms with Gasteiger partial charge in [0.15, 0.2) is 5.13 Å². The van der Waals surface area contributed by atoms with Crippen molar-refractivity contribution in [3.05, 3.63) is 52.8 Å². The number of aryl methyl sites for hydroxylation is 2. The van der Waals surface area contributed by atoms with Gasteiger partial charge in [-0.25, -0.2) is 13.8 Å². The van der Waals surface area contributed by atoms with Crippen LogP contribution in [0.3, 0.4) is 0 Å². The van der Waals surface area contributed by atoms with Crippen molar-refractivity contribution in [3.8, 4) is 0 Å². The second kappa shape index (κ2) is 11.4. The summed E-state index contributed by atoms with van der Waals surface area (Å²) in [5.41, 5.74) is 4.35. The van der Waals surface area contributed by atoms with Crippen LogP contribution in [0, 0.1) is 0 Å². The number of likely N-dealkylation sites (tertiary alicyclic amines) is 1. The smallest absolute Gasteiger partial charge is 0.259 e. The largest absolute Gasteiger partial charge is 0.385 e. The first-order valence-corrected chi connectivity index (χ1v) is 13.7. The van der Waals surface area contributed by atoms with Crippen LogP contribution < -0.4 is 14.9 Å². The van der Waals surface area contributed by atoms with Gasteiger partial charge in [0.05, 0.1) is 22.2 Å². The van der Waals surface area contributed by atoms with Gasteiger partial charge in [0.2, 0.25) is 12.1 Å². The van der Waals surface area contributed by atoms with Crippen LogP contribution in [-0.4, -0.2) is 53.1 Å². The normalized spacial score (nSPS) is 19.6. The number of hydrogen-bond donors (Lipinski definition) is 2. The molecule has 0 spiro atoms. The van der Waals surface area contributed by atoms with Crippen LogP contribution in [0.2, 0.25) is 0 Å². The van der Waals surface area contributed by atoms with Crippen molar-refractivity contribution in [1.29, 1.82) is 0 Å². The van der Waals surface area contributed by atoms with E-state index in [0.29, 0.717) is 16.4 Å². The average molecular weight is 534 g/mol. The maximum atomic E-state index is 14.9. The van der Waals surface area contributed by atoms with Gasteiger partial charge in [-0.2, -0.15) is 0 Å². The molecule has 5 rings (SSSR count). The molecule has 1 aromatic carbocycles. The number of aliphatic hydroxyl groups excluding tert-OH is 1. The number of fused-ring (bicyclic) bond motifs is 2. The Bertz CT molecular complexity index is 1220. The molecule has 3 aromatic rings. The minimum atomic E-state index is -2.92. The summed E-state index contributed by atoms with van der Waals surface area (Å²) >= 11 is 1.44. The Hall–Kier alpha value is -2.69. The van der Waals surface area contributed by atoms with Crippen molar-refractivity contribution >= 4 is 32.6 Å². The molecule has 0 saturated carbocycles. The molecule has 200 valence electrons.